The molecule has 96 valence electrons. The molecule has 0 fully saturated rings. The lowest BCUT2D eigenvalue weighted by Gasteiger charge is -2.29. The summed E-state index contributed by atoms with van der Waals surface area (Å²) < 4.78 is 25.8. The van der Waals surface area contributed by atoms with E-state index >= 15 is 0 Å². The maximum atomic E-state index is 12.9. The maximum Gasteiger partial charge on any atom is 0.287 e. The zero-order valence-corrected chi connectivity index (χ0v) is 9.55. The Morgan fingerprint density at radius 1 is 1.61 bits per heavy atom. The number of alkyl halides is 2. The molecule has 18 heavy (non-hydrogen) atoms. The van der Waals surface area contributed by atoms with E-state index in [2.05, 4.69) is 10.1 Å². The lowest BCUT2D eigenvalue weighted by Crippen LogP contribution is -2.51. The van der Waals surface area contributed by atoms with Gasteiger partial charge in [0.1, 0.15) is 0 Å². The van der Waals surface area contributed by atoms with Crippen molar-refractivity contribution in [3.05, 3.63) is 30.1 Å². The van der Waals surface area contributed by atoms with E-state index in [9.17, 15) is 18.7 Å². The highest BCUT2D eigenvalue weighted by molar-refractivity contribution is 5.97. The molecule has 1 aromatic heterocycles. The first kappa shape index (κ1) is 12.6. The molecule has 0 bridgehead atoms. The van der Waals surface area contributed by atoms with Gasteiger partial charge in [0.15, 0.2) is 0 Å². The fourth-order valence-corrected chi connectivity index (χ4v) is 1.75. The summed E-state index contributed by atoms with van der Waals surface area (Å²) in [5, 5.41) is 14.0. The molecular weight excluding hydrogens is 244 g/mol. The zero-order chi connectivity index (χ0) is 13.3. The molecule has 1 N–H and O–H groups in total. The van der Waals surface area contributed by atoms with Gasteiger partial charge in [-0.2, -0.15) is 10.1 Å². The quantitative estimate of drug-likeness (QED) is 0.865. The molecule has 0 aliphatic carbocycles. The van der Waals surface area contributed by atoms with Gasteiger partial charge in [0.05, 0.1) is 5.56 Å². The number of pyridine rings is 1. The minimum Gasteiger partial charge on any atom is -0.364 e. The Morgan fingerprint density at radius 2 is 2.33 bits per heavy atom. The summed E-state index contributed by atoms with van der Waals surface area (Å²) in [5.74, 6) is -0.803. The van der Waals surface area contributed by atoms with Gasteiger partial charge in [0.2, 0.25) is 5.72 Å². The zero-order valence-electron chi connectivity index (χ0n) is 9.55. The number of hydrogen-bond acceptors (Lipinski definition) is 4. The van der Waals surface area contributed by atoms with Crippen molar-refractivity contribution in [3.63, 3.8) is 0 Å². The van der Waals surface area contributed by atoms with Crippen LogP contribution in [-0.2, 0) is 0 Å². The molecule has 1 aliphatic heterocycles. The standard InChI is InChI=1S/C11H11F2N3O2/c1-7-5-11(18,10(12)13)16(15-7)9(17)8-3-2-4-14-6-8/h2-4,6,10,18H,5H2,1H3. The van der Waals surface area contributed by atoms with E-state index in [0.717, 1.165) is 0 Å². The van der Waals surface area contributed by atoms with E-state index in [1.54, 1.807) is 0 Å². The predicted octanol–water partition coefficient (Wildman–Crippen LogP) is 1.26. The van der Waals surface area contributed by atoms with Crippen LogP contribution in [0.3, 0.4) is 0 Å². The number of amides is 1. The van der Waals surface area contributed by atoms with Crippen molar-refractivity contribution in [2.45, 2.75) is 25.5 Å². The highest BCUT2D eigenvalue weighted by Gasteiger charge is 2.51. The van der Waals surface area contributed by atoms with Crippen molar-refractivity contribution in [2.75, 3.05) is 0 Å². The van der Waals surface area contributed by atoms with Crippen LogP contribution in [0, 0.1) is 0 Å². The van der Waals surface area contributed by atoms with Crippen LogP contribution in [0.4, 0.5) is 8.78 Å². The SMILES string of the molecule is CC1=NN(C(=O)c2cccnc2)C(O)(C(F)F)C1. The topological polar surface area (TPSA) is 65.8 Å². The number of rotatable bonds is 2. The Hall–Kier alpha value is -1.89. The van der Waals surface area contributed by atoms with E-state index in [4.69, 9.17) is 0 Å². The van der Waals surface area contributed by atoms with Crippen LogP contribution in [0.1, 0.15) is 23.7 Å². The first-order valence-electron chi connectivity index (χ1n) is 5.24. The maximum absolute atomic E-state index is 12.9. The van der Waals surface area contributed by atoms with Crippen LogP contribution in [0.2, 0.25) is 0 Å². The molecule has 2 heterocycles. The number of halogens is 2. The van der Waals surface area contributed by atoms with Gasteiger partial charge in [-0.15, -0.1) is 0 Å². The first-order valence-corrected chi connectivity index (χ1v) is 5.24. The number of hydrogen-bond donors (Lipinski definition) is 1. The van der Waals surface area contributed by atoms with E-state index in [0.29, 0.717) is 5.01 Å². The van der Waals surface area contributed by atoms with Crippen LogP contribution in [0.15, 0.2) is 29.6 Å². The van der Waals surface area contributed by atoms with Crippen LogP contribution < -0.4 is 0 Å². The van der Waals surface area contributed by atoms with Gasteiger partial charge in [-0.3, -0.25) is 9.78 Å². The fourth-order valence-electron chi connectivity index (χ4n) is 1.75. The second kappa shape index (κ2) is 4.41. The first-order chi connectivity index (χ1) is 8.45. The third-order valence-corrected chi connectivity index (χ3v) is 2.60. The summed E-state index contributed by atoms with van der Waals surface area (Å²) in [6, 6.07) is 2.92. The van der Waals surface area contributed by atoms with E-state index in [-0.39, 0.29) is 17.7 Å². The fraction of sp³-hybridized carbons (Fsp3) is 0.364. The highest BCUT2D eigenvalue weighted by atomic mass is 19.3. The number of nitrogens with zero attached hydrogens (tertiary/aromatic N) is 3. The third-order valence-electron chi connectivity index (χ3n) is 2.60. The Kier molecular flexibility index (Phi) is 3.08. The monoisotopic (exact) mass is 255 g/mol. The molecular formula is C11H11F2N3O2. The van der Waals surface area contributed by atoms with Crippen molar-refractivity contribution in [1.29, 1.82) is 0 Å². The molecule has 0 aromatic carbocycles. The van der Waals surface area contributed by atoms with Crippen LogP contribution in [0.5, 0.6) is 0 Å². The van der Waals surface area contributed by atoms with Crippen LogP contribution in [-0.4, -0.2) is 38.9 Å². The molecule has 0 saturated carbocycles. The Bertz CT molecular complexity index is 492. The van der Waals surface area contributed by atoms with Crippen molar-refractivity contribution in [2.24, 2.45) is 5.10 Å². The molecule has 0 radical (unpaired) electrons. The summed E-state index contributed by atoms with van der Waals surface area (Å²) >= 11 is 0. The summed E-state index contributed by atoms with van der Waals surface area (Å²) in [5.41, 5.74) is -2.21. The minimum absolute atomic E-state index is 0.0926. The smallest absolute Gasteiger partial charge is 0.287 e. The van der Waals surface area contributed by atoms with Crippen molar-refractivity contribution < 1.29 is 18.7 Å². The summed E-state index contributed by atoms with van der Waals surface area (Å²) in [6.07, 6.45) is -0.776. The van der Waals surface area contributed by atoms with Gasteiger partial charge in [0, 0.05) is 24.5 Å². The Labute approximate surface area is 102 Å². The molecule has 2 rings (SSSR count). The number of carbonyl (C=O) groups excluding carboxylic acids is 1. The Morgan fingerprint density at radius 3 is 2.89 bits per heavy atom. The molecule has 1 aromatic rings. The number of aromatic nitrogens is 1. The normalized spacial score (nSPS) is 23.4. The second-order valence-electron chi connectivity index (χ2n) is 4.05. The summed E-state index contributed by atoms with van der Waals surface area (Å²) in [7, 11) is 0. The van der Waals surface area contributed by atoms with Gasteiger partial charge in [-0.1, -0.05) is 0 Å². The molecule has 0 spiro atoms. The van der Waals surface area contributed by atoms with Gasteiger partial charge in [-0.25, -0.2) is 8.78 Å². The van der Waals surface area contributed by atoms with Gasteiger partial charge < -0.3 is 5.11 Å². The van der Waals surface area contributed by atoms with E-state index in [1.807, 2.05) is 0 Å². The average molecular weight is 255 g/mol. The van der Waals surface area contributed by atoms with Crippen molar-refractivity contribution in [3.8, 4) is 0 Å². The minimum atomic E-state index is -3.10. The largest absolute Gasteiger partial charge is 0.364 e. The summed E-state index contributed by atoms with van der Waals surface area (Å²) in [6.45, 7) is 1.48. The number of aliphatic hydroxyl groups is 1. The Balaban J connectivity index is 2.34. The molecule has 1 aliphatic rings. The predicted molar refractivity (Wildman–Crippen MR) is 59.1 cm³/mol. The molecule has 0 saturated heterocycles. The second-order valence-corrected chi connectivity index (χ2v) is 4.05. The van der Waals surface area contributed by atoms with Gasteiger partial charge >= 0.3 is 0 Å². The average Bonchev–Trinajstić information content (AvgIpc) is 2.66. The highest BCUT2D eigenvalue weighted by Crippen LogP contribution is 2.32. The molecule has 1 unspecified atom stereocenters. The van der Waals surface area contributed by atoms with E-state index in [1.165, 1.54) is 31.5 Å². The number of hydrazone groups is 1. The van der Waals surface area contributed by atoms with Crippen molar-refractivity contribution in [1.82, 2.24) is 9.99 Å². The van der Waals surface area contributed by atoms with Gasteiger partial charge in [-0.05, 0) is 19.1 Å². The van der Waals surface area contributed by atoms with Crippen LogP contribution in [0.25, 0.3) is 0 Å². The van der Waals surface area contributed by atoms with Gasteiger partial charge in [0.25, 0.3) is 12.3 Å². The molecule has 7 heteroatoms. The summed E-state index contributed by atoms with van der Waals surface area (Å²) in [4.78, 5) is 15.7. The molecule has 1 amide bonds. The van der Waals surface area contributed by atoms with Crippen molar-refractivity contribution >= 4 is 11.6 Å². The molecule has 5 nitrogen and oxygen atoms in total. The van der Waals surface area contributed by atoms with Crippen LogP contribution >= 0.6 is 0 Å². The third kappa shape index (κ3) is 1.97. The number of carbonyl (C=O) groups is 1. The lowest BCUT2D eigenvalue weighted by atomic mass is 10.1. The molecule has 1 atom stereocenters. The van der Waals surface area contributed by atoms with E-state index < -0.39 is 18.1 Å². The lowest BCUT2D eigenvalue weighted by molar-refractivity contribution is -0.164.